The summed E-state index contributed by atoms with van der Waals surface area (Å²) in [4.78, 5) is 14.4. The molecule has 2 heterocycles. The van der Waals surface area contributed by atoms with Gasteiger partial charge in [-0.25, -0.2) is 0 Å². The maximum absolute atomic E-state index is 12.0. The van der Waals surface area contributed by atoms with E-state index in [1.807, 2.05) is 23.6 Å². The van der Waals surface area contributed by atoms with Crippen LogP contribution in [0.25, 0.3) is 0 Å². The van der Waals surface area contributed by atoms with Crippen LogP contribution < -0.4 is 10.2 Å². The standard InChI is InChI=1S/C16H21N5OS/c1-2-20-12-17-19-16(20)23-11-15(22)18-13-5-7-14(8-6-13)21-9-3-4-10-21/h5-8,12H,2-4,9-11H2,1H3,(H,18,22). The number of anilines is 2. The summed E-state index contributed by atoms with van der Waals surface area (Å²) >= 11 is 1.40. The predicted molar refractivity (Wildman–Crippen MR) is 92.9 cm³/mol. The van der Waals surface area contributed by atoms with Gasteiger partial charge in [-0.05, 0) is 44.0 Å². The number of rotatable bonds is 6. The van der Waals surface area contributed by atoms with Gasteiger partial charge in [-0.15, -0.1) is 10.2 Å². The van der Waals surface area contributed by atoms with Crippen LogP contribution in [-0.4, -0.2) is 39.5 Å². The Bertz CT molecular complexity index is 649. The topological polar surface area (TPSA) is 63.1 Å². The van der Waals surface area contributed by atoms with Gasteiger partial charge in [0.2, 0.25) is 5.91 Å². The van der Waals surface area contributed by atoms with E-state index in [4.69, 9.17) is 0 Å². The summed E-state index contributed by atoms with van der Waals surface area (Å²) in [6, 6.07) is 8.07. The zero-order chi connectivity index (χ0) is 16.1. The molecule has 0 spiro atoms. The Balaban J connectivity index is 1.51. The molecule has 1 amide bonds. The first-order valence-corrected chi connectivity index (χ1v) is 8.90. The minimum absolute atomic E-state index is 0.0328. The molecule has 0 aliphatic carbocycles. The second-order valence-electron chi connectivity index (χ2n) is 5.48. The Labute approximate surface area is 140 Å². The Morgan fingerprint density at radius 2 is 2.00 bits per heavy atom. The summed E-state index contributed by atoms with van der Waals surface area (Å²) in [6.45, 7) is 5.07. The molecular formula is C16H21N5OS. The smallest absolute Gasteiger partial charge is 0.234 e. The number of hydrogen-bond donors (Lipinski definition) is 1. The molecule has 0 bridgehead atoms. The van der Waals surface area contributed by atoms with Crippen molar-refractivity contribution < 1.29 is 4.79 Å². The van der Waals surface area contributed by atoms with Crippen molar-refractivity contribution >= 4 is 29.0 Å². The lowest BCUT2D eigenvalue weighted by molar-refractivity contribution is -0.113. The van der Waals surface area contributed by atoms with Crippen LogP contribution in [0.1, 0.15) is 19.8 Å². The van der Waals surface area contributed by atoms with Crippen molar-refractivity contribution in [2.24, 2.45) is 0 Å². The Morgan fingerprint density at radius 3 is 2.70 bits per heavy atom. The second-order valence-corrected chi connectivity index (χ2v) is 6.42. The molecule has 1 fully saturated rings. The van der Waals surface area contributed by atoms with Gasteiger partial charge < -0.3 is 14.8 Å². The fraction of sp³-hybridized carbons (Fsp3) is 0.438. The van der Waals surface area contributed by atoms with E-state index in [0.29, 0.717) is 5.75 Å². The van der Waals surface area contributed by atoms with Gasteiger partial charge in [0.15, 0.2) is 5.16 Å². The third kappa shape index (κ3) is 4.04. The highest BCUT2D eigenvalue weighted by Crippen LogP contribution is 2.22. The van der Waals surface area contributed by atoms with E-state index >= 15 is 0 Å². The molecule has 1 N–H and O–H groups in total. The molecule has 2 aromatic rings. The molecule has 1 aliphatic heterocycles. The maximum Gasteiger partial charge on any atom is 0.234 e. The van der Waals surface area contributed by atoms with Crippen LogP contribution in [0.5, 0.6) is 0 Å². The van der Waals surface area contributed by atoms with Gasteiger partial charge in [0.1, 0.15) is 6.33 Å². The fourth-order valence-corrected chi connectivity index (χ4v) is 3.41. The molecule has 23 heavy (non-hydrogen) atoms. The molecule has 122 valence electrons. The maximum atomic E-state index is 12.0. The quantitative estimate of drug-likeness (QED) is 0.825. The highest BCUT2D eigenvalue weighted by atomic mass is 32.2. The number of carbonyl (C=O) groups excluding carboxylic acids is 1. The molecule has 0 radical (unpaired) electrons. The third-order valence-electron chi connectivity index (χ3n) is 3.88. The van der Waals surface area contributed by atoms with E-state index in [1.54, 1.807) is 6.33 Å². The van der Waals surface area contributed by atoms with Gasteiger partial charge in [0.25, 0.3) is 0 Å². The number of thioether (sulfide) groups is 1. The van der Waals surface area contributed by atoms with E-state index in [9.17, 15) is 4.79 Å². The summed E-state index contributed by atoms with van der Waals surface area (Å²) in [7, 11) is 0. The first kappa shape index (κ1) is 15.9. The summed E-state index contributed by atoms with van der Waals surface area (Å²) in [6.07, 6.45) is 4.20. The number of nitrogens with zero attached hydrogens (tertiary/aromatic N) is 4. The molecule has 0 unspecified atom stereocenters. The van der Waals surface area contributed by atoms with Gasteiger partial charge in [-0.1, -0.05) is 11.8 Å². The van der Waals surface area contributed by atoms with Crippen molar-refractivity contribution in [2.75, 3.05) is 29.1 Å². The zero-order valence-corrected chi connectivity index (χ0v) is 14.1. The van der Waals surface area contributed by atoms with Crippen LogP contribution in [-0.2, 0) is 11.3 Å². The van der Waals surface area contributed by atoms with Gasteiger partial charge >= 0.3 is 0 Å². The van der Waals surface area contributed by atoms with Gasteiger partial charge in [0.05, 0.1) is 5.75 Å². The van der Waals surface area contributed by atoms with Crippen LogP contribution in [0.15, 0.2) is 35.7 Å². The van der Waals surface area contributed by atoms with Crippen LogP contribution in [0.4, 0.5) is 11.4 Å². The van der Waals surface area contributed by atoms with Crippen molar-refractivity contribution in [3.05, 3.63) is 30.6 Å². The van der Waals surface area contributed by atoms with Crippen molar-refractivity contribution in [3.8, 4) is 0 Å². The molecule has 0 atom stereocenters. The fourth-order valence-electron chi connectivity index (χ4n) is 2.63. The van der Waals surface area contributed by atoms with Crippen LogP contribution in [0.2, 0.25) is 0 Å². The molecule has 1 aliphatic rings. The lowest BCUT2D eigenvalue weighted by Crippen LogP contribution is -2.18. The normalized spacial score (nSPS) is 14.2. The van der Waals surface area contributed by atoms with Crippen molar-refractivity contribution in [1.29, 1.82) is 0 Å². The molecule has 0 saturated carbocycles. The summed E-state index contributed by atoms with van der Waals surface area (Å²) < 4.78 is 1.92. The molecule has 7 heteroatoms. The molecule has 3 rings (SSSR count). The number of aryl methyl sites for hydroxylation is 1. The number of carbonyl (C=O) groups is 1. The van der Waals surface area contributed by atoms with Crippen LogP contribution in [0, 0.1) is 0 Å². The average Bonchev–Trinajstić information content (AvgIpc) is 3.25. The van der Waals surface area contributed by atoms with E-state index in [-0.39, 0.29) is 5.91 Å². The van der Waals surface area contributed by atoms with E-state index in [2.05, 4.69) is 32.5 Å². The first-order chi connectivity index (χ1) is 11.3. The SMILES string of the molecule is CCn1cnnc1SCC(=O)Nc1ccc(N2CCCC2)cc1. The van der Waals surface area contributed by atoms with Crippen molar-refractivity contribution in [1.82, 2.24) is 14.8 Å². The van der Waals surface area contributed by atoms with Crippen LogP contribution >= 0.6 is 11.8 Å². The molecule has 1 saturated heterocycles. The molecule has 1 aromatic carbocycles. The number of amides is 1. The van der Waals surface area contributed by atoms with E-state index in [1.165, 1.54) is 30.3 Å². The van der Waals surface area contributed by atoms with Gasteiger partial charge in [-0.3, -0.25) is 4.79 Å². The number of benzene rings is 1. The minimum atomic E-state index is -0.0328. The Kier molecular flexibility index (Phi) is 5.17. The second kappa shape index (κ2) is 7.50. The highest BCUT2D eigenvalue weighted by molar-refractivity contribution is 7.99. The first-order valence-electron chi connectivity index (χ1n) is 7.91. The van der Waals surface area contributed by atoms with Crippen LogP contribution in [0.3, 0.4) is 0 Å². The predicted octanol–water partition coefficient (Wildman–Crippen LogP) is 2.63. The van der Waals surface area contributed by atoms with Gasteiger partial charge in [-0.2, -0.15) is 0 Å². The van der Waals surface area contributed by atoms with Gasteiger partial charge in [0, 0.05) is 31.0 Å². The highest BCUT2D eigenvalue weighted by Gasteiger charge is 2.12. The van der Waals surface area contributed by atoms with E-state index < -0.39 is 0 Å². The molecular weight excluding hydrogens is 310 g/mol. The molecule has 6 nitrogen and oxygen atoms in total. The van der Waals surface area contributed by atoms with Crippen molar-refractivity contribution in [2.45, 2.75) is 31.5 Å². The lowest BCUT2D eigenvalue weighted by atomic mass is 10.2. The lowest BCUT2D eigenvalue weighted by Gasteiger charge is -2.17. The largest absolute Gasteiger partial charge is 0.372 e. The summed E-state index contributed by atoms with van der Waals surface area (Å²) in [5.41, 5.74) is 2.06. The average molecular weight is 331 g/mol. The molecule has 1 aromatic heterocycles. The minimum Gasteiger partial charge on any atom is -0.372 e. The monoisotopic (exact) mass is 331 g/mol. The zero-order valence-electron chi connectivity index (χ0n) is 13.2. The third-order valence-corrected chi connectivity index (χ3v) is 4.86. The number of hydrogen-bond acceptors (Lipinski definition) is 5. The summed E-state index contributed by atoms with van der Waals surface area (Å²) in [5, 5.41) is 11.6. The Morgan fingerprint density at radius 1 is 1.26 bits per heavy atom. The summed E-state index contributed by atoms with van der Waals surface area (Å²) in [5.74, 6) is 0.293. The van der Waals surface area contributed by atoms with E-state index in [0.717, 1.165) is 30.5 Å². The Hall–Kier alpha value is -2.02. The van der Waals surface area contributed by atoms with Crippen molar-refractivity contribution in [3.63, 3.8) is 0 Å². The number of aromatic nitrogens is 3. The number of nitrogens with one attached hydrogen (secondary N) is 1.